The molecule has 1 aliphatic carbocycles. The van der Waals surface area contributed by atoms with Crippen LogP contribution in [-0.2, 0) is 4.79 Å². The quantitative estimate of drug-likeness (QED) is 0.781. The van der Waals surface area contributed by atoms with Gasteiger partial charge in [-0.2, -0.15) is 5.26 Å². The summed E-state index contributed by atoms with van der Waals surface area (Å²) in [5.74, 6) is 0.364. The van der Waals surface area contributed by atoms with Gasteiger partial charge in [0.05, 0.1) is 11.3 Å². The lowest BCUT2D eigenvalue weighted by atomic mass is 9.93. The Morgan fingerprint density at radius 3 is 2.59 bits per heavy atom. The van der Waals surface area contributed by atoms with Gasteiger partial charge in [0.25, 0.3) is 0 Å². The van der Waals surface area contributed by atoms with Gasteiger partial charge in [-0.15, -0.1) is 0 Å². The van der Waals surface area contributed by atoms with Crippen LogP contribution in [0.2, 0.25) is 0 Å². The molecule has 0 aliphatic heterocycles. The first-order valence-electron chi connectivity index (χ1n) is 5.96. The average molecular weight is 228 g/mol. The van der Waals surface area contributed by atoms with E-state index in [1.807, 2.05) is 31.3 Å². The number of nitriles is 1. The minimum Gasteiger partial charge on any atom is -0.371 e. The molecule has 1 saturated carbocycles. The molecule has 0 bridgehead atoms. The molecule has 0 unspecified atom stereocenters. The predicted molar refractivity (Wildman–Crippen MR) is 66.8 cm³/mol. The van der Waals surface area contributed by atoms with Crippen molar-refractivity contribution in [1.29, 1.82) is 5.26 Å². The van der Waals surface area contributed by atoms with E-state index in [1.54, 1.807) is 0 Å². The third-order valence-corrected chi connectivity index (χ3v) is 3.47. The molecule has 1 aromatic rings. The summed E-state index contributed by atoms with van der Waals surface area (Å²) in [5, 5.41) is 9.08. The molecule has 0 spiro atoms. The van der Waals surface area contributed by atoms with Gasteiger partial charge in [-0.1, -0.05) is 12.1 Å². The molecule has 1 fully saturated rings. The second-order valence-electron chi connectivity index (χ2n) is 4.51. The van der Waals surface area contributed by atoms with E-state index in [4.69, 9.17) is 5.26 Å². The summed E-state index contributed by atoms with van der Waals surface area (Å²) in [6.07, 6.45) is 3.14. The molecule has 3 heteroatoms. The van der Waals surface area contributed by atoms with Crippen molar-refractivity contribution in [2.75, 3.05) is 11.9 Å². The highest BCUT2D eigenvalue weighted by molar-refractivity contribution is 5.79. The summed E-state index contributed by atoms with van der Waals surface area (Å²) in [7, 11) is 2.01. The van der Waals surface area contributed by atoms with Crippen LogP contribution in [0.25, 0.3) is 0 Å². The fourth-order valence-corrected chi connectivity index (χ4v) is 2.38. The van der Waals surface area contributed by atoms with Crippen molar-refractivity contribution in [3.63, 3.8) is 0 Å². The summed E-state index contributed by atoms with van der Waals surface area (Å²) >= 11 is 0. The Morgan fingerprint density at radius 2 is 1.94 bits per heavy atom. The molecular formula is C14H16N2O. The van der Waals surface area contributed by atoms with E-state index in [-0.39, 0.29) is 0 Å². The Labute approximate surface area is 102 Å². The number of carbonyl (C=O) groups is 1. The zero-order chi connectivity index (χ0) is 12.3. The number of benzene rings is 1. The zero-order valence-corrected chi connectivity index (χ0v) is 10.0. The summed E-state index contributed by atoms with van der Waals surface area (Å²) in [5.41, 5.74) is 1.67. The second kappa shape index (κ2) is 5.01. The Balaban J connectivity index is 2.17. The summed E-state index contributed by atoms with van der Waals surface area (Å²) in [6.45, 7) is 0. The Morgan fingerprint density at radius 1 is 1.29 bits per heavy atom. The molecule has 3 nitrogen and oxygen atoms in total. The van der Waals surface area contributed by atoms with Gasteiger partial charge >= 0.3 is 0 Å². The molecule has 1 aliphatic rings. The van der Waals surface area contributed by atoms with Crippen molar-refractivity contribution in [2.45, 2.75) is 31.7 Å². The second-order valence-corrected chi connectivity index (χ2v) is 4.51. The number of hydrogen-bond donors (Lipinski definition) is 0. The smallest absolute Gasteiger partial charge is 0.133 e. The maximum atomic E-state index is 11.2. The van der Waals surface area contributed by atoms with E-state index in [0.29, 0.717) is 30.2 Å². The van der Waals surface area contributed by atoms with Gasteiger partial charge in [0.2, 0.25) is 0 Å². The lowest BCUT2D eigenvalue weighted by molar-refractivity contribution is -0.120. The lowest BCUT2D eigenvalue weighted by Gasteiger charge is -2.32. The third-order valence-electron chi connectivity index (χ3n) is 3.47. The first kappa shape index (κ1) is 11.7. The molecule has 1 aromatic carbocycles. The number of nitrogens with zero attached hydrogens (tertiary/aromatic N) is 2. The highest BCUT2D eigenvalue weighted by Gasteiger charge is 2.23. The van der Waals surface area contributed by atoms with Gasteiger partial charge in [-0.3, -0.25) is 4.79 Å². The van der Waals surface area contributed by atoms with Crippen LogP contribution < -0.4 is 4.90 Å². The van der Waals surface area contributed by atoms with Crippen molar-refractivity contribution >= 4 is 11.5 Å². The molecule has 2 rings (SSSR count). The minimum atomic E-state index is 0.364. The standard InChI is InChI=1S/C14H16N2O/c1-16(12-6-8-13(17)9-7-12)14-5-3-2-4-11(14)10-15/h2-5,12H,6-9H2,1H3. The maximum absolute atomic E-state index is 11.2. The lowest BCUT2D eigenvalue weighted by Crippen LogP contribution is -2.35. The molecule has 0 heterocycles. The van der Waals surface area contributed by atoms with Crippen LogP contribution in [0.5, 0.6) is 0 Å². The van der Waals surface area contributed by atoms with E-state index in [9.17, 15) is 4.79 Å². The van der Waals surface area contributed by atoms with Crippen molar-refractivity contribution in [3.8, 4) is 6.07 Å². The monoisotopic (exact) mass is 228 g/mol. The van der Waals surface area contributed by atoms with Gasteiger partial charge in [0, 0.05) is 25.9 Å². The van der Waals surface area contributed by atoms with Crippen LogP contribution in [0, 0.1) is 11.3 Å². The van der Waals surface area contributed by atoms with Crippen LogP contribution in [0.3, 0.4) is 0 Å². The first-order valence-corrected chi connectivity index (χ1v) is 5.96. The van der Waals surface area contributed by atoms with Crippen LogP contribution in [0.4, 0.5) is 5.69 Å². The highest BCUT2D eigenvalue weighted by Crippen LogP contribution is 2.26. The van der Waals surface area contributed by atoms with Crippen molar-refractivity contribution in [1.82, 2.24) is 0 Å². The number of para-hydroxylation sites is 1. The predicted octanol–water partition coefficient (Wildman–Crippen LogP) is 2.51. The van der Waals surface area contributed by atoms with Gasteiger partial charge in [-0.05, 0) is 25.0 Å². The molecular weight excluding hydrogens is 212 g/mol. The molecule has 17 heavy (non-hydrogen) atoms. The van der Waals surface area contributed by atoms with Crippen molar-refractivity contribution < 1.29 is 4.79 Å². The number of ketones is 1. The summed E-state index contributed by atoms with van der Waals surface area (Å²) in [6, 6.07) is 10.2. The zero-order valence-electron chi connectivity index (χ0n) is 10.0. The average Bonchev–Trinajstić information content (AvgIpc) is 2.39. The minimum absolute atomic E-state index is 0.364. The number of rotatable bonds is 2. The SMILES string of the molecule is CN(c1ccccc1C#N)C1CCC(=O)CC1. The first-order chi connectivity index (χ1) is 8.22. The normalized spacial score (nSPS) is 16.6. The van der Waals surface area contributed by atoms with Crippen LogP contribution in [0.1, 0.15) is 31.2 Å². The van der Waals surface area contributed by atoms with Gasteiger partial charge in [-0.25, -0.2) is 0 Å². The van der Waals surface area contributed by atoms with Crippen molar-refractivity contribution in [2.24, 2.45) is 0 Å². The molecule has 0 atom stereocenters. The van der Waals surface area contributed by atoms with E-state index in [2.05, 4.69) is 11.0 Å². The van der Waals surface area contributed by atoms with E-state index in [0.717, 1.165) is 18.5 Å². The fourth-order valence-electron chi connectivity index (χ4n) is 2.38. The number of Topliss-reactive ketones (excluding diaryl/α,β-unsaturated/α-hetero) is 1. The van der Waals surface area contributed by atoms with Crippen LogP contribution in [0.15, 0.2) is 24.3 Å². The van der Waals surface area contributed by atoms with Crippen LogP contribution >= 0.6 is 0 Å². The topological polar surface area (TPSA) is 44.1 Å². The van der Waals surface area contributed by atoms with E-state index in [1.165, 1.54) is 0 Å². The van der Waals surface area contributed by atoms with E-state index >= 15 is 0 Å². The fraction of sp³-hybridized carbons (Fsp3) is 0.429. The van der Waals surface area contributed by atoms with Crippen LogP contribution in [-0.4, -0.2) is 18.9 Å². The summed E-state index contributed by atoms with van der Waals surface area (Å²) < 4.78 is 0. The molecule has 88 valence electrons. The highest BCUT2D eigenvalue weighted by atomic mass is 16.1. The van der Waals surface area contributed by atoms with Gasteiger partial charge < -0.3 is 4.90 Å². The Bertz CT molecular complexity index is 452. The Hall–Kier alpha value is -1.82. The molecule has 0 amide bonds. The van der Waals surface area contributed by atoms with E-state index < -0.39 is 0 Å². The van der Waals surface area contributed by atoms with Crippen molar-refractivity contribution in [3.05, 3.63) is 29.8 Å². The molecule has 0 saturated heterocycles. The third kappa shape index (κ3) is 2.47. The number of carbonyl (C=O) groups excluding carboxylic acids is 1. The molecule has 0 radical (unpaired) electrons. The van der Waals surface area contributed by atoms with Gasteiger partial charge in [0.15, 0.2) is 0 Å². The largest absolute Gasteiger partial charge is 0.371 e. The number of anilines is 1. The Kier molecular flexibility index (Phi) is 3.43. The summed E-state index contributed by atoms with van der Waals surface area (Å²) in [4.78, 5) is 13.4. The molecule has 0 N–H and O–H groups in total. The van der Waals surface area contributed by atoms with Gasteiger partial charge in [0.1, 0.15) is 11.9 Å². The number of hydrogen-bond acceptors (Lipinski definition) is 3. The maximum Gasteiger partial charge on any atom is 0.133 e. The molecule has 0 aromatic heterocycles.